The summed E-state index contributed by atoms with van der Waals surface area (Å²) in [5.41, 5.74) is -0.601. The van der Waals surface area contributed by atoms with Gasteiger partial charge in [0.05, 0.1) is 18.2 Å². The van der Waals surface area contributed by atoms with E-state index in [1.54, 1.807) is 0 Å². The zero-order valence-electron chi connectivity index (χ0n) is 28.8. The molecule has 3 fully saturated rings. The number of Topliss-reactive ketones (excluding diaryl/α,β-unsaturated/α-hetero) is 1. The van der Waals surface area contributed by atoms with Crippen LogP contribution in [0.3, 0.4) is 0 Å². The van der Waals surface area contributed by atoms with Crippen LogP contribution >= 0.6 is 0 Å². The summed E-state index contributed by atoms with van der Waals surface area (Å²) < 4.78 is 0. The summed E-state index contributed by atoms with van der Waals surface area (Å²) in [5.74, 6) is -3.77. The predicted molar refractivity (Wildman–Crippen MR) is 178 cm³/mol. The molecule has 0 saturated heterocycles. The summed E-state index contributed by atoms with van der Waals surface area (Å²) in [6.45, 7) is 7.44. The average molecular weight is 668 g/mol. The summed E-state index contributed by atoms with van der Waals surface area (Å²) in [4.78, 5) is 88.0. The first kappa shape index (κ1) is 36.9. The molecule has 0 spiro atoms. The molecule has 13 heteroatoms. The van der Waals surface area contributed by atoms with Gasteiger partial charge in [-0.3, -0.25) is 33.8 Å². The Kier molecular flexibility index (Phi) is 13.1. The first-order chi connectivity index (χ1) is 22.9. The lowest BCUT2D eigenvalue weighted by atomic mass is 9.81. The molecule has 0 aliphatic heterocycles. The first-order valence-electron chi connectivity index (χ1n) is 17.7. The molecule has 3 aliphatic rings. The van der Waals surface area contributed by atoms with Crippen LogP contribution in [0.4, 0.5) is 0 Å². The Bertz CT molecular complexity index is 1310. The van der Waals surface area contributed by atoms with Gasteiger partial charge in [-0.25, -0.2) is 4.98 Å². The zero-order valence-corrected chi connectivity index (χ0v) is 28.8. The summed E-state index contributed by atoms with van der Waals surface area (Å²) >= 11 is 0. The Balaban J connectivity index is 1.45. The lowest BCUT2D eigenvalue weighted by Crippen LogP contribution is -2.61. The monoisotopic (exact) mass is 667 g/mol. The van der Waals surface area contributed by atoms with E-state index in [-0.39, 0.29) is 23.6 Å². The number of nitrogens with one attached hydrogen (secondary N) is 5. The fourth-order valence-corrected chi connectivity index (χ4v) is 6.77. The third kappa shape index (κ3) is 10.3. The molecule has 5 N–H and O–H groups in total. The fraction of sp³-hybridized carbons (Fsp3) is 0.714. The number of carbonyl (C=O) groups excluding carboxylic acids is 6. The number of rotatable bonds is 14. The number of hydrogen-bond donors (Lipinski definition) is 5. The van der Waals surface area contributed by atoms with Crippen LogP contribution in [0.15, 0.2) is 18.6 Å². The average Bonchev–Trinajstić information content (AvgIpc) is 3.89. The third-order valence-electron chi connectivity index (χ3n) is 9.68. The number of amides is 5. The van der Waals surface area contributed by atoms with Gasteiger partial charge in [-0.15, -0.1) is 0 Å². The van der Waals surface area contributed by atoms with Crippen molar-refractivity contribution in [3.05, 3.63) is 24.3 Å². The van der Waals surface area contributed by atoms with Gasteiger partial charge in [-0.1, -0.05) is 66.2 Å². The van der Waals surface area contributed by atoms with Crippen LogP contribution in [0.5, 0.6) is 0 Å². The molecule has 3 aliphatic carbocycles. The van der Waals surface area contributed by atoms with Gasteiger partial charge in [0, 0.05) is 24.5 Å². The van der Waals surface area contributed by atoms with Gasteiger partial charge in [-0.2, -0.15) is 0 Å². The standard InChI is InChI=1S/C35H53N7O6/c1-5-11-25(28(43)33(47)38-22-16-17-22)40-30(44)23-14-9-10-15-24(23)39-34(48)29(35(2,3)4)42-32(46)27(21-12-7-6-8-13-21)41-31(45)26-20-36-18-19-37-26/h18-25,27,29H,5-17H2,1-4H3,(H,38,47)(H,39,48)(H,40,44)(H,41,45)(H,42,46)/t23-,24+,25?,27+,29-/m1/s1. The van der Waals surface area contributed by atoms with E-state index in [0.717, 1.165) is 57.8 Å². The van der Waals surface area contributed by atoms with Crippen LogP contribution in [-0.2, 0) is 24.0 Å². The summed E-state index contributed by atoms with van der Waals surface area (Å²) in [5, 5.41) is 14.4. The quantitative estimate of drug-likeness (QED) is 0.187. The van der Waals surface area contributed by atoms with Crippen molar-refractivity contribution in [1.29, 1.82) is 0 Å². The van der Waals surface area contributed by atoms with Gasteiger partial charge in [0.15, 0.2) is 0 Å². The van der Waals surface area contributed by atoms with Gasteiger partial charge in [0.2, 0.25) is 23.5 Å². The van der Waals surface area contributed by atoms with E-state index in [0.29, 0.717) is 25.7 Å². The van der Waals surface area contributed by atoms with Gasteiger partial charge in [0.25, 0.3) is 11.8 Å². The normalized spacial score (nSPS) is 21.9. The Morgan fingerprint density at radius 3 is 2.12 bits per heavy atom. The van der Waals surface area contributed by atoms with Crippen molar-refractivity contribution in [3.8, 4) is 0 Å². The van der Waals surface area contributed by atoms with E-state index in [2.05, 4.69) is 36.6 Å². The van der Waals surface area contributed by atoms with Crippen molar-refractivity contribution >= 4 is 35.3 Å². The smallest absolute Gasteiger partial charge is 0.289 e. The van der Waals surface area contributed by atoms with Crippen molar-refractivity contribution in [3.63, 3.8) is 0 Å². The molecule has 264 valence electrons. The molecule has 1 aromatic heterocycles. The highest BCUT2D eigenvalue weighted by Gasteiger charge is 2.41. The lowest BCUT2D eigenvalue weighted by Gasteiger charge is -2.37. The maximum atomic E-state index is 14.0. The molecule has 1 heterocycles. The zero-order chi connectivity index (χ0) is 34.8. The van der Waals surface area contributed by atoms with Crippen LogP contribution in [0.25, 0.3) is 0 Å². The van der Waals surface area contributed by atoms with E-state index in [1.807, 2.05) is 27.7 Å². The largest absolute Gasteiger partial charge is 0.351 e. The van der Waals surface area contributed by atoms with E-state index >= 15 is 0 Å². The van der Waals surface area contributed by atoms with Crippen LogP contribution < -0.4 is 26.6 Å². The molecule has 13 nitrogen and oxygen atoms in total. The van der Waals surface area contributed by atoms with Crippen LogP contribution in [0.2, 0.25) is 0 Å². The van der Waals surface area contributed by atoms with Crippen molar-refractivity contribution in [2.24, 2.45) is 17.3 Å². The van der Waals surface area contributed by atoms with Gasteiger partial charge in [0.1, 0.15) is 17.8 Å². The number of aromatic nitrogens is 2. The number of ketones is 1. The molecule has 5 atom stereocenters. The van der Waals surface area contributed by atoms with Crippen LogP contribution in [0.1, 0.15) is 122 Å². The topological polar surface area (TPSA) is 188 Å². The molecule has 3 saturated carbocycles. The minimum absolute atomic E-state index is 0.0287. The van der Waals surface area contributed by atoms with Gasteiger partial charge in [-0.05, 0) is 56.3 Å². The van der Waals surface area contributed by atoms with E-state index in [4.69, 9.17) is 0 Å². The highest BCUT2D eigenvalue weighted by molar-refractivity contribution is 6.38. The maximum Gasteiger partial charge on any atom is 0.289 e. The van der Waals surface area contributed by atoms with Crippen LogP contribution in [-0.4, -0.2) is 75.5 Å². The Labute approximate surface area is 283 Å². The third-order valence-corrected chi connectivity index (χ3v) is 9.68. The molecule has 4 rings (SSSR count). The molecule has 5 amide bonds. The van der Waals surface area contributed by atoms with Crippen molar-refractivity contribution in [2.45, 2.75) is 141 Å². The second-order valence-corrected chi connectivity index (χ2v) is 14.7. The van der Waals surface area contributed by atoms with E-state index < -0.39 is 64.9 Å². The molecule has 0 radical (unpaired) electrons. The van der Waals surface area contributed by atoms with Crippen molar-refractivity contribution < 1.29 is 28.8 Å². The summed E-state index contributed by atoms with van der Waals surface area (Å²) in [7, 11) is 0. The Morgan fingerprint density at radius 1 is 0.812 bits per heavy atom. The summed E-state index contributed by atoms with van der Waals surface area (Å²) in [6.07, 6.45) is 14.0. The fourth-order valence-electron chi connectivity index (χ4n) is 6.77. The number of nitrogens with zero attached hydrogens (tertiary/aromatic N) is 2. The lowest BCUT2D eigenvalue weighted by molar-refractivity contribution is -0.141. The van der Waals surface area contributed by atoms with Gasteiger partial charge >= 0.3 is 0 Å². The number of hydrogen-bond acceptors (Lipinski definition) is 8. The maximum absolute atomic E-state index is 14.0. The predicted octanol–water partition coefficient (Wildman–Crippen LogP) is 2.49. The minimum Gasteiger partial charge on any atom is -0.351 e. The molecule has 0 aromatic carbocycles. The molecule has 1 unspecified atom stereocenters. The first-order valence-corrected chi connectivity index (χ1v) is 17.7. The van der Waals surface area contributed by atoms with Crippen molar-refractivity contribution in [2.75, 3.05) is 0 Å². The van der Waals surface area contributed by atoms with E-state index in [9.17, 15) is 28.8 Å². The molecule has 0 bridgehead atoms. The Hall–Kier alpha value is -3.90. The SMILES string of the molecule is CCCC(NC(=O)[C@@H]1CCCC[C@@H]1NC(=O)[C@@H](NC(=O)[C@@H](NC(=O)c1cnccn1)C1CCCCC1)C(C)(C)C)C(=O)C(=O)NC1CC1. The van der Waals surface area contributed by atoms with Crippen molar-refractivity contribution in [1.82, 2.24) is 36.6 Å². The highest BCUT2D eigenvalue weighted by atomic mass is 16.2. The summed E-state index contributed by atoms with van der Waals surface area (Å²) in [6, 6.07) is -3.25. The second-order valence-electron chi connectivity index (χ2n) is 14.7. The highest BCUT2D eigenvalue weighted by Crippen LogP contribution is 2.29. The van der Waals surface area contributed by atoms with Gasteiger partial charge < -0.3 is 26.6 Å². The minimum atomic E-state index is -0.962. The molecular weight excluding hydrogens is 614 g/mol. The molecule has 48 heavy (non-hydrogen) atoms. The Morgan fingerprint density at radius 2 is 1.50 bits per heavy atom. The van der Waals surface area contributed by atoms with E-state index in [1.165, 1.54) is 18.6 Å². The second kappa shape index (κ2) is 17.0. The number of carbonyl (C=O) groups is 6. The molecular formula is C35H53N7O6. The molecule has 1 aromatic rings. The van der Waals surface area contributed by atoms with Crippen LogP contribution in [0, 0.1) is 17.3 Å².